The summed E-state index contributed by atoms with van der Waals surface area (Å²) in [6.45, 7) is 3.81. The first-order valence-corrected chi connectivity index (χ1v) is 8.25. The highest BCUT2D eigenvalue weighted by atomic mass is 19.1. The van der Waals surface area contributed by atoms with E-state index in [1.54, 1.807) is 41.2 Å². The molecule has 2 aromatic carbocycles. The summed E-state index contributed by atoms with van der Waals surface area (Å²) in [4.78, 5) is 12.6. The molecule has 5 nitrogen and oxygen atoms in total. The van der Waals surface area contributed by atoms with Crippen molar-refractivity contribution >= 4 is 5.91 Å². The van der Waals surface area contributed by atoms with E-state index in [0.29, 0.717) is 11.3 Å². The first-order valence-electron chi connectivity index (χ1n) is 8.25. The molecule has 0 fully saturated rings. The van der Waals surface area contributed by atoms with Crippen LogP contribution in [0.1, 0.15) is 34.6 Å². The molecule has 3 rings (SSSR count). The van der Waals surface area contributed by atoms with Crippen molar-refractivity contribution in [2.75, 3.05) is 7.11 Å². The summed E-state index contributed by atoms with van der Waals surface area (Å²) in [7, 11) is 1.53. The number of hydrogen-bond acceptors (Lipinski definition) is 3. The molecule has 0 spiro atoms. The van der Waals surface area contributed by atoms with E-state index in [2.05, 4.69) is 10.4 Å². The molecule has 26 heavy (non-hydrogen) atoms. The lowest BCUT2D eigenvalue weighted by Crippen LogP contribution is -2.27. The fraction of sp³-hybridized carbons (Fsp3) is 0.200. The molecule has 1 amide bonds. The molecule has 3 aromatic rings. The van der Waals surface area contributed by atoms with Gasteiger partial charge in [-0.3, -0.25) is 4.79 Å². The second-order valence-corrected chi connectivity index (χ2v) is 5.97. The minimum absolute atomic E-state index is 0.219. The highest BCUT2D eigenvalue weighted by molar-refractivity contribution is 5.97. The number of para-hydroxylation sites is 1. The zero-order valence-corrected chi connectivity index (χ0v) is 14.9. The van der Waals surface area contributed by atoms with E-state index < -0.39 is 0 Å². The van der Waals surface area contributed by atoms with Gasteiger partial charge >= 0.3 is 0 Å². The standard InChI is InChI=1S/C20H20FN3O2/c1-13(23-20(25)17-6-4-5-7-19(17)26-3)18-12-22-24(14(18)2)16-10-8-15(21)9-11-16/h4-13H,1-3H3,(H,23,25). The van der Waals surface area contributed by atoms with E-state index >= 15 is 0 Å². The van der Waals surface area contributed by atoms with Crippen molar-refractivity contribution < 1.29 is 13.9 Å². The van der Waals surface area contributed by atoms with Crippen LogP contribution in [-0.2, 0) is 0 Å². The highest BCUT2D eigenvalue weighted by Gasteiger charge is 2.19. The molecule has 0 aliphatic heterocycles. The first kappa shape index (κ1) is 17.7. The third-order valence-corrected chi connectivity index (χ3v) is 4.28. The summed E-state index contributed by atoms with van der Waals surface area (Å²) < 4.78 is 20.1. The second-order valence-electron chi connectivity index (χ2n) is 5.97. The van der Waals surface area contributed by atoms with Crippen molar-refractivity contribution in [3.63, 3.8) is 0 Å². The lowest BCUT2D eigenvalue weighted by molar-refractivity contribution is 0.0937. The molecule has 0 saturated heterocycles. The van der Waals surface area contributed by atoms with Crippen molar-refractivity contribution in [3.8, 4) is 11.4 Å². The Hall–Kier alpha value is -3.15. The Bertz CT molecular complexity index is 919. The summed E-state index contributed by atoms with van der Waals surface area (Å²) >= 11 is 0. The fourth-order valence-electron chi connectivity index (χ4n) is 2.87. The zero-order chi connectivity index (χ0) is 18.7. The van der Waals surface area contributed by atoms with E-state index in [4.69, 9.17) is 4.74 Å². The van der Waals surface area contributed by atoms with E-state index in [-0.39, 0.29) is 17.8 Å². The number of carbonyl (C=O) groups excluding carboxylic acids is 1. The topological polar surface area (TPSA) is 56.1 Å². The van der Waals surface area contributed by atoms with Gasteiger partial charge in [0, 0.05) is 11.3 Å². The Labute approximate surface area is 151 Å². The average molecular weight is 353 g/mol. The zero-order valence-electron chi connectivity index (χ0n) is 14.9. The molecule has 0 radical (unpaired) electrons. The summed E-state index contributed by atoms with van der Waals surface area (Å²) in [5.74, 6) is 0.0102. The number of amides is 1. The smallest absolute Gasteiger partial charge is 0.255 e. The Morgan fingerprint density at radius 1 is 1.19 bits per heavy atom. The van der Waals surface area contributed by atoms with Gasteiger partial charge < -0.3 is 10.1 Å². The number of ether oxygens (including phenoxy) is 1. The van der Waals surface area contributed by atoms with Crippen LogP contribution in [0.25, 0.3) is 5.69 Å². The minimum atomic E-state index is -0.295. The Kier molecular flexibility index (Phi) is 5.02. The normalized spacial score (nSPS) is 11.8. The Morgan fingerprint density at radius 2 is 1.88 bits per heavy atom. The predicted molar refractivity (Wildman–Crippen MR) is 97.1 cm³/mol. The van der Waals surface area contributed by atoms with Crippen molar-refractivity contribution in [3.05, 3.63) is 77.4 Å². The molecule has 0 saturated carbocycles. The maximum atomic E-state index is 13.1. The van der Waals surface area contributed by atoms with Gasteiger partial charge in [-0.2, -0.15) is 5.10 Å². The number of halogens is 1. The monoisotopic (exact) mass is 353 g/mol. The SMILES string of the molecule is COc1ccccc1C(=O)NC(C)c1cnn(-c2ccc(F)cc2)c1C. The number of hydrogen-bond donors (Lipinski definition) is 1. The summed E-state index contributed by atoms with van der Waals surface area (Å²) in [5, 5.41) is 7.34. The van der Waals surface area contributed by atoms with Gasteiger partial charge in [-0.15, -0.1) is 0 Å². The fourth-order valence-corrected chi connectivity index (χ4v) is 2.87. The van der Waals surface area contributed by atoms with Crippen molar-refractivity contribution in [2.45, 2.75) is 19.9 Å². The molecule has 0 aliphatic rings. The van der Waals surface area contributed by atoms with Crippen LogP contribution >= 0.6 is 0 Å². The van der Waals surface area contributed by atoms with Crippen LogP contribution in [0.5, 0.6) is 5.75 Å². The molecule has 1 atom stereocenters. The molecule has 1 heterocycles. The lowest BCUT2D eigenvalue weighted by atomic mass is 10.1. The summed E-state index contributed by atoms with van der Waals surface area (Å²) in [5.41, 5.74) is 3.01. The van der Waals surface area contributed by atoms with Crippen molar-refractivity contribution in [1.29, 1.82) is 0 Å². The number of methoxy groups -OCH3 is 1. The maximum Gasteiger partial charge on any atom is 0.255 e. The Morgan fingerprint density at radius 3 is 2.58 bits per heavy atom. The minimum Gasteiger partial charge on any atom is -0.496 e. The van der Waals surface area contributed by atoms with Gasteiger partial charge in [0.15, 0.2) is 0 Å². The third-order valence-electron chi connectivity index (χ3n) is 4.28. The van der Waals surface area contributed by atoms with Crippen molar-refractivity contribution in [2.24, 2.45) is 0 Å². The maximum absolute atomic E-state index is 13.1. The van der Waals surface area contributed by atoms with Crippen LogP contribution in [0, 0.1) is 12.7 Å². The van der Waals surface area contributed by atoms with Gasteiger partial charge in [0.05, 0.1) is 30.6 Å². The van der Waals surface area contributed by atoms with Crippen LogP contribution in [0.3, 0.4) is 0 Å². The second kappa shape index (κ2) is 7.39. The highest BCUT2D eigenvalue weighted by Crippen LogP contribution is 2.22. The number of benzene rings is 2. The number of rotatable bonds is 5. The van der Waals surface area contributed by atoms with Crippen molar-refractivity contribution in [1.82, 2.24) is 15.1 Å². The van der Waals surface area contributed by atoms with Gasteiger partial charge in [0.2, 0.25) is 0 Å². The molecule has 1 N–H and O–H groups in total. The number of carbonyl (C=O) groups is 1. The molecule has 0 bridgehead atoms. The molecule has 1 aromatic heterocycles. The van der Waals surface area contributed by atoms with Gasteiger partial charge in [-0.1, -0.05) is 12.1 Å². The van der Waals surface area contributed by atoms with Gasteiger partial charge in [0.1, 0.15) is 11.6 Å². The van der Waals surface area contributed by atoms with Crippen LogP contribution in [-0.4, -0.2) is 22.8 Å². The molecule has 1 unspecified atom stereocenters. The first-order chi connectivity index (χ1) is 12.5. The van der Waals surface area contributed by atoms with Gasteiger partial charge in [-0.25, -0.2) is 9.07 Å². The number of aromatic nitrogens is 2. The summed E-state index contributed by atoms with van der Waals surface area (Å²) in [6, 6.07) is 12.9. The number of nitrogens with zero attached hydrogens (tertiary/aromatic N) is 2. The van der Waals surface area contributed by atoms with Crippen LogP contribution < -0.4 is 10.1 Å². The quantitative estimate of drug-likeness (QED) is 0.759. The van der Waals surface area contributed by atoms with E-state index in [1.165, 1.54) is 19.2 Å². The number of nitrogens with one attached hydrogen (secondary N) is 1. The van der Waals surface area contributed by atoms with E-state index in [0.717, 1.165) is 16.9 Å². The molecule has 6 heteroatoms. The molecular weight excluding hydrogens is 333 g/mol. The van der Waals surface area contributed by atoms with Crippen LogP contribution in [0.2, 0.25) is 0 Å². The predicted octanol–water partition coefficient (Wildman–Crippen LogP) is 3.82. The third kappa shape index (κ3) is 3.44. The van der Waals surface area contributed by atoms with E-state index in [1.807, 2.05) is 19.9 Å². The largest absolute Gasteiger partial charge is 0.496 e. The van der Waals surface area contributed by atoms with Gasteiger partial charge in [-0.05, 0) is 50.2 Å². The lowest BCUT2D eigenvalue weighted by Gasteiger charge is -2.15. The Balaban J connectivity index is 1.81. The summed E-state index contributed by atoms with van der Waals surface area (Å²) in [6.07, 6.45) is 1.71. The molecule has 0 aliphatic carbocycles. The van der Waals surface area contributed by atoms with E-state index in [9.17, 15) is 9.18 Å². The van der Waals surface area contributed by atoms with Crippen LogP contribution in [0.4, 0.5) is 4.39 Å². The van der Waals surface area contributed by atoms with Gasteiger partial charge in [0.25, 0.3) is 5.91 Å². The van der Waals surface area contributed by atoms with Crippen LogP contribution in [0.15, 0.2) is 54.7 Å². The molecular formula is C20H20FN3O2. The average Bonchev–Trinajstić information content (AvgIpc) is 3.03. The molecule has 134 valence electrons.